The smallest absolute Gasteiger partial charge is 0.407 e. The molecule has 268 valence electrons. The number of ether oxygens (including phenoxy) is 2. The van der Waals surface area contributed by atoms with Crippen molar-refractivity contribution in [3.8, 4) is 17.1 Å². The first-order valence-electron chi connectivity index (χ1n) is 17.2. The lowest BCUT2D eigenvalue weighted by Gasteiger charge is -2.60. The molecule has 4 bridgehead atoms. The summed E-state index contributed by atoms with van der Waals surface area (Å²) in [6.45, 7) is 11.7. The molecule has 2 heterocycles. The van der Waals surface area contributed by atoms with Crippen molar-refractivity contribution in [2.24, 2.45) is 10.8 Å². The zero-order chi connectivity index (χ0) is 36.0. The highest BCUT2D eigenvalue weighted by Gasteiger charge is 2.56. The summed E-state index contributed by atoms with van der Waals surface area (Å²) >= 11 is 0. The van der Waals surface area contributed by atoms with Gasteiger partial charge in [-0.05, 0) is 93.0 Å². The number of aliphatic hydroxyl groups is 1. The van der Waals surface area contributed by atoms with Gasteiger partial charge in [-0.3, -0.25) is 4.79 Å². The molecular weight excluding hydrogens is 659 g/mol. The lowest BCUT2D eigenvalue weighted by molar-refractivity contribution is -0.0793. The Labute approximate surface area is 294 Å². The number of carbonyl (C=O) groups excluding carboxylic acids is 2. The van der Waals surface area contributed by atoms with Gasteiger partial charge in [-0.1, -0.05) is 45.0 Å². The zero-order valence-electron chi connectivity index (χ0n) is 29.5. The van der Waals surface area contributed by atoms with Crippen molar-refractivity contribution < 1.29 is 32.6 Å². The van der Waals surface area contributed by atoms with Gasteiger partial charge in [-0.15, -0.1) is 0 Å². The van der Waals surface area contributed by atoms with Gasteiger partial charge in [0, 0.05) is 29.3 Å². The fourth-order valence-electron chi connectivity index (χ4n) is 7.75. The molecule has 6 rings (SSSR count). The third kappa shape index (κ3) is 7.58. The molecule has 1 atom stereocenters. The van der Waals surface area contributed by atoms with Crippen LogP contribution in [-0.2, 0) is 21.4 Å². The fraction of sp³-hybridized carbons (Fsp3) is 0.514. The second-order valence-electron chi connectivity index (χ2n) is 15.5. The first-order valence-corrected chi connectivity index (χ1v) is 18.7. The average molecular weight is 706 g/mol. The van der Waals surface area contributed by atoms with Crippen LogP contribution in [0.2, 0.25) is 0 Å². The predicted molar refractivity (Wildman–Crippen MR) is 188 cm³/mol. The van der Waals surface area contributed by atoms with Crippen molar-refractivity contribution in [1.29, 1.82) is 0 Å². The SMILES string of the molecule is Cc1cccc(CO)c1-c1cc2nc(n1)NS(=O)(=O)c1cccc(c1)C(=O)N(C1CC3(CC(NC(=O)OC(C)C)C3)C1)[C@H](CC(C)(C)C)CO2. The number of hydrogen-bond donors (Lipinski definition) is 3. The number of sulfonamides is 1. The number of benzene rings is 2. The van der Waals surface area contributed by atoms with E-state index in [4.69, 9.17) is 9.47 Å². The number of alkyl carbamates (subject to hydrolysis) is 1. The van der Waals surface area contributed by atoms with E-state index in [0.29, 0.717) is 23.2 Å². The van der Waals surface area contributed by atoms with Crippen LogP contribution in [0.15, 0.2) is 53.4 Å². The molecule has 3 aliphatic rings. The van der Waals surface area contributed by atoms with Gasteiger partial charge >= 0.3 is 6.09 Å². The Kier molecular flexibility index (Phi) is 9.59. The van der Waals surface area contributed by atoms with Crippen LogP contribution in [0.5, 0.6) is 5.88 Å². The second-order valence-corrected chi connectivity index (χ2v) is 17.2. The molecule has 2 aromatic carbocycles. The van der Waals surface area contributed by atoms with Crippen molar-refractivity contribution in [3.63, 3.8) is 0 Å². The van der Waals surface area contributed by atoms with E-state index in [0.717, 1.165) is 31.2 Å². The Morgan fingerprint density at radius 1 is 1.12 bits per heavy atom. The maximum Gasteiger partial charge on any atom is 0.407 e. The first-order chi connectivity index (χ1) is 23.5. The van der Waals surface area contributed by atoms with Crippen LogP contribution in [0.4, 0.5) is 10.7 Å². The topological polar surface area (TPSA) is 160 Å². The molecule has 2 saturated carbocycles. The van der Waals surface area contributed by atoms with Gasteiger partial charge < -0.3 is 24.8 Å². The molecule has 3 N–H and O–H groups in total. The largest absolute Gasteiger partial charge is 0.475 e. The Hall–Kier alpha value is -4.23. The molecule has 0 radical (unpaired) electrons. The number of fused-ring (bicyclic) bond motifs is 4. The summed E-state index contributed by atoms with van der Waals surface area (Å²) in [5.41, 5.74) is 2.60. The molecular formula is C37H47N5O7S. The lowest BCUT2D eigenvalue weighted by Crippen LogP contribution is -2.64. The molecule has 2 aliphatic carbocycles. The van der Waals surface area contributed by atoms with Crippen LogP contribution >= 0.6 is 0 Å². The fourth-order valence-corrected chi connectivity index (χ4v) is 8.74. The van der Waals surface area contributed by atoms with Gasteiger partial charge in [0.2, 0.25) is 11.8 Å². The molecule has 2 amide bonds. The standard InChI is InChI=1S/C37H47N5O7S/c1-22(2)49-35(45)38-26-15-37(16-26)18-27(19-37)42-28(17-36(4,5)6)21-48-31-14-30(32-23(3)9-7-11-25(32)20-43)39-34(40-31)41-50(46,47)29-12-8-10-24(13-29)33(42)44/h7-14,22,26-28,43H,15-21H2,1-6H3,(H,38,45)(H,39,40,41)/t26?,27?,28-,37?/m1/s1. The number of nitrogens with one attached hydrogen (secondary N) is 2. The predicted octanol–water partition coefficient (Wildman–Crippen LogP) is 5.83. The monoisotopic (exact) mass is 705 g/mol. The summed E-state index contributed by atoms with van der Waals surface area (Å²) in [5.74, 6) is -0.306. The van der Waals surface area contributed by atoms with E-state index in [-0.39, 0.29) is 76.5 Å². The van der Waals surface area contributed by atoms with E-state index in [1.165, 1.54) is 12.1 Å². The summed E-state index contributed by atoms with van der Waals surface area (Å²) in [4.78, 5) is 37.6. The number of anilines is 1. The Bertz CT molecular complexity index is 1880. The second kappa shape index (κ2) is 13.5. The molecule has 1 aliphatic heterocycles. The van der Waals surface area contributed by atoms with Crippen molar-refractivity contribution in [2.45, 2.75) is 109 Å². The molecule has 1 spiro atoms. The van der Waals surface area contributed by atoms with Crippen molar-refractivity contribution in [3.05, 3.63) is 65.2 Å². The van der Waals surface area contributed by atoms with Crippen LogP contribution in [0.1, 0.15) is 88.2 Å². The van der Waals surface area contributed by atoms with E-state index in [1.54, 1.807) is 24.3 Å². The molecule has 50 heavy (non-hydrogen) atoms. The van der Waals surface area contributed by atoms with Crippen molar-refractivity contribution >= 4 is 28.0 Å². The highest BCUT2D eigenvalue weighted by atomic mass is 32.2. The zero-order valence-corrected chi connectivity index (χ0v) is 30.3. The molecule has 1 aromatic heterocycles. The Morgan fingerprint density at radius 2 is 1.84 bits per heavy atom. The number of aromatic nitrogens is 2. The minimum atomic E-state index is -4.21. The lowest BCUT2D eigenvalue weighted by atomic mass is 9.51. The normalized spacial score (nSPS) is 24.4. The summed E-state index contributed by atoms with van der Waals surface area (Å²) in [5, 5.41) is 13.1. The number of rotatable bonds is 6. The van der Waals surface area contributed by atoms with Crippen LogP contribution in [0.25, 0.3) is 11.3 Å². The van der Waals surface area contributed by atoms with Crippen molar-refractivity contribution in [1.82, 2.24) is 20.2 Å². The molecule has 13 heteroatoms. The molecule has 12 nitrogen and oxygen atoms in total. The molecule has 0 saturated heterocycles. The van der Waals surface area contributed by atoms with Crippen LogP contribution in [-0.4, -0.2) is 71.2 Å². The summed E-state index contributed by atoms with van der Waals surface area (Å²) in [6.07, 6.45) is 3.13. The number of aryl methyl sites for hydroxylation is 1. The first kappa shape index (κ1) is 35.6. The highest BCUT2D eigenvalue weighted by molar-refractivity contribution is 7.92. The van der Waals surface area contributed by atoms with E-state index in [2.05, 4.69) is 40.8 Å². The highest BCUT2D eigenvalue weighted by Crippen LogP contribution is 2.58. The third-order valence-electron chi connectivity index (χ3n) is 9.76. The summed E-state index contributed by atoms with van der Waals surface area (Å²) in [7, 11) is -4.21. The van der Waals surface area contributed by atoms with Crippen LogP contribution < -0.4 is 14.8 Å². The molecule has 0 unspecified atom stereocenters. The quantitative estimate of drug-likeness (QED) is 0.287. The van der Waals surface area contributed by atoms with Gasteiger partial charge in [0.05, 0.1) is 29.3 Å². The van der Waals surface area contributed by atoms with E-state index >= 15 is 0 Å². The number of aliphatic hydroxyl groups excluding tert-OH is 1. The molecule has 2 fully saturated rings. The average Bonchev–Trinajstić information content (AvgIpc) is 2.99. The molecule has 3 aromatic rings. The van der Waals surface area contributed by atoms with E-state index in [1.807, 2.05) is 37.8 Å². The number of carbonyl (C=O) groups is 2. The minimum absolute atomic E-state index is 0.0125. The minimum Gasteiger partial charge on any atom is -0.475 e. The maximum absolute atomic E-state index is 14.5. The van der Waals surface area contributed by atoms with Gasteiger partial charge in [0.1, 0.15) is 6.61 Å². The van der Waals surface area contributed by atoms with Gasteiger partial charge in [-0.25, -0.2) is 22.9 Å². The van der Waals surface area contributed by atoms with Gasteiger partial charge in [-0.2, -0.15) is 4.98 Å². The number of hydrogen-bond acceptors (Lipinski definition) is 9. The van der Waals surface area contributed by atoms with E-state index in [9.17, 15) is 23.1 Å². The summed E-state index contributed by atoms with van der Waals surface area (Å²) in [6, 6.07) is 12.7. The van der Waals surface area contributed by atoms with Crippen molar-refractivity contribution in [2.75, 3.05) is 11.3 Å². The Balaban J connectivity index is 1.36. The van der Waals surface area contributed by atoms with Gasteiger partial charge in [0.15, 0.2) is 0 Å². The number of nitrogens with zero attached hydrogens (tertiary/aromatic N) is 3. The van der Waals surface area contributed by atoms with E-state index < -0.39 is 16.1 Å². The Morgan fingerprint density at radius 3 is 2.52 bits per heavy atom. The van der Waals surface area contributed by atoms with Crippen LogP contribution in [0.3, 0.4) is 0 Å². The summed E-state index contributed by atoms with van der Waals surface area (Å²) < 4.78 is 41.6. The third-order valence-corrected chi connectivity index (χ3v) is 11.1. The number of amides is 2. The maximum atomic E-state index is 14.5. The van der Waals surface area contributed by atoms with Crippen LogP contribution in [0, 0.1) is 17.8 Å². The van der Waals surface area contributed by atoms with Gasteiger partial charge in [0.25, 0.3) is 15.9 Å².